The number of anilines is 1. The number of aromatic nitrogens is 2. The van der Waals surface area contributed by atoms with E-state index in [9.17, 15) is 0 Å². The van der Waals surface area contributed by atoms with Crippen molar-refractivity contribution in [2.45, 2.75) is 27.2 Å². The molecule has 0 aliphatic carbocycles. The molecule has 0 saturated heterocycles. The van der Waals surface area contributed by atoms with Crippen molar-refractivity contribution in [1.29, 1.82) is 0 Å². The van der Waals surface area contributed by atoms with E-state index in [-0.39, 0.29) is 5.41 Å². The maximum absolute atomic E-state index is 5.87. The number of halogens is 1. The Labute approximate surface area is 108 Å². The molecule has 96 valence electrons. The quantitative estimate of drug-likeness (QED) is 0.796. The normalized spacial score (nSPS) is 11.6. The molecule has 0 saturated carbocycles. The van der Waals surface area contributed by atoms with E-state index in [0.29, 0.717) is 11.0 Å². The van der Waals surface area contributed by atoms with Crippen molar-refractivity contribution in [3.8, 4) is 0 Å². The van der Waals surface area contributed by atoms with Gasteiger partial charge in [0.15, 0.2) is 0 Å². The minimum atomic E-state index is 0.154. The van der Waals surface area contributed by atoms with E-state index in [0.717, 1.165) is 25.4 Å². The number of rotatable bonds is 6. The van der Waals surface area contributed by atoms with Crippen LogP contribution in [0.5, 0.6) is 0 Å². The lowest BCUT2D eigenvalue weighted by atomic mass is 9.90. The highest BCUT2D eigenvalue weighted by atomic mass is 35.5. The van der Waals surface area contributed by atoms with Gasteiger partial charge in [0.1, 0.15) is 16.8 Å². The molecule has 1 N–H and O–H groups in total. The minimum Gasteiger partial charge on any atom is -0.385 e. The van der Waals surface area contributed by atoms with Crippen LogP contribution in [0.15, 0.2) is 6.07 Å². The van der Waals surface area contributed by atoms with E-state index in [1.165, 1.54) is 0 Å². The van der Waals surface area contributed by atoms with Crippen molar-refractivity contribution in [3.63, 3.8) is 0 Å². The van der Waals surface area contributed by atoms with Gasteiger partial charge in [-0.05, 0) is 18.8 Å². The van der Waals surface area contributed by atoms with Gasteiger partial charge in [0, 0.05) is 26.3 Å². The summed E-state index contributed by atoms with van der Waals surface area (Å²) in [6, 6.07) is 1.74. The third-order valence-corrected chi connectivity index (χ3v) is 2.73. The van der Waals surface area contributed by atoms with E-state index in [1.54, 1.807) is 13.2 Å². The first-order valence-corrected chi connectivity index (χ1v) is 6.05. The predicted octanol–water partition coefficient (Wildman–Crippen LogP) is 2.91. The maximum atomic E-state index is 5.87. The van der Waals surface area contributed by atoms with Crippen LogP contribution in [-0.4, -0.2) is 30.2 Å². The molecule has 0 fully saturated rings. The Bertz CT molecular complexity index is 349. The van der Waals surface area contributed by atoms with E-state index in [1.807, 2.05) is 6.92 Å². The molecule has 1 aromatic rings. The Kier molecular flexibility index (Phi) is 5.15. The third-order valence-electron chi connectivity index (χ3n) is 2.54. The molecule has 4 nitrogen and oxygen atoms in total. The van der Waals surface area contributed by atoms with E-state index >= 15 is 0 Å². The fraction of sp³-hybridized carbons (Fsp3) is 0.667. The summed E-state index contributed by atoms with van der Waals surface area (Å²) in [6.07, 6.45) is 0.994. The highest BCUT2D eigenvalue weighted by Gasteiger charge is 2.17. The number of nitrogens with one attached hydrogen (secondary N) is 1. The second kappa shape index (κ2) is 6.17. The van der Waals surface area contributed by atoms with E-state index in [2.05, 4.69) is 29.1 Å². The highest BCUT2D eigenvalue weighted by molar-refractivity contribution is 6.29. The van der Waals surface area contributed by atoms with Crippen molar-refractivity contribution in [2.24, 2.45) is 5.41 Å². The summed E-state index contributed by atoms with van der Waals surface area (Å²) < 4.78 is 5.09. The molecule has 0 amide bonds. The van der Waals surface area contributed by atoms with Crippen molar-refractivity contribution in [3.05, 3.63) is 17.0 Å². The van der Waals surface area contributed by atoms with Gasteiger partial charge in [0.05, 0.1) is 0 Å². The largest absolute Gasteiger partial charge is 0.385 e. The highest BCUT2D eigenvalue weighted by Crippen LogP contribution is 2.21. The van der Waals surface area contributed by atoms with Gasteiger partial charge in [-0.15, -0.1) is 0 Å². The van der Waals surface area contributed by atoms with Crippen LogP contribution in [0.3, 0.4) is 0 Å². The van der Waals surface area contributed by atoms with Gasteiger partial charge >= 0.3 is 0 Å². The Balaban J connectivity index is 2.54. The van der Waals surface area contributed by atoms with Gasteiger partial charge in [-0.2, -0.15) is 0 Å². The molecular formula is C12H20ClN3O. The molecule has 0 spiro atoms. The van der Waals surface area contributed by atoms with Crippen LogP contribution in [0.2, 0.25) is 5.15 Å². The average Bonchev–Trinajstić information content (AvgIpc) is 2.23. The molecule has 1 rings (SSSR count). The van der Waals surface area contributed by atoms with Crippen molar-refractivity contribution in [1.82, 2.24) is 9.97 Å². The summed E-state index contributed by atoms with van der Waals surface area (Å²) in [6.45, 7) is 7.79. The number of nitrogens with zero attached hydrogens (tertiary/aromatic N) is 2. The zero-order valence-corrected chi connectivity index (χ0v) is 11.6. The van der Waals surface area contributed by atoms with E-state index in [4.69, 9.17) is 16.3 Å². The Morgan fingerprint density at radius 1 is 1.41 bits per heavy atom. The van der Waals surface area contributed by atoms with Gasteiger partial charge in [-0.25, -0.2) is 9.97 Å². The molecule has 0 aliphatic rings. The first-order chi connectivity index (χ1) is 7.93. The van der Waals surface area contributed by atoms with Gasteiger partial charge in [-0.1, -0.05) is 25.4 Å². The molecule has 0 aliphatic heterocycles. The number of aryl methyl sites for hydroxylation is 1. The molecule has 0 bridgehead atoms. The summed E-state index contributed by atoms with van der Waals surface area (Å²) in [5.74, 6) is 1.45. The molecule has 1 aromatic heterocycles. The summed E-state index contributed by atoms with van der Waals surface area (Å²) in [7, 11) is 1.72. The zero-order valence-electron chi connectivity index (χ0n) is 10.9. The predicted molar refractivity (Wildman–Crippen MR) is 70.5 cm³/mol. The number of ether oxygens (including phenoxy) is 1. The molecule has 17 heavy (non-hydrogen) atoms. The Hall–Kier alpha value is -0.870. The molecule has 0 atom stereocenters. The summed E-state index contributed by atoms with van der Waals surface area (Å²) in [4.78, 5) is 8.30. The summed E-state index contributed by atoms with van der Waals surface area (Å²) in [5, 5.41) is 3.75. The lowest BCUT2D eigenvalue weighted by Crippen LogP contribution is -2.25. The van der Waals surface area contributed by atoms with Crippen LogP contribution >= 0.6 is 11.6 Å². The second-order valence-corrected chi connectivity index (χ2v) is 5.27. The lowest BCUT2D eigenvalue weighted by molar-refractivity contribution is 0.157. The third kappa shape index (κ3) is 5.33. The Morgan fingerprint density at radius 3 is 2.71 bits per heavy atom. The van der Waals surface area contributed by atoms with Crippen LogP contribution in [-0.2, 0) is 4.74 Å². The molecule has 1 heterocycles. The van der Waals surface area contributed by atoms with Crippen LogP contribution in [0.1, 0.15) is 26.1 Å². The second-order valence-electron chi connectivity index (χ2n) is 4.88. The fourth-order valence-corrected chi connectivity index (χ4v) is 1.64. The van der Waals surface area contributed by atoms with Crippen LogP contribution < -0.4 is 5.32 Å². The average molecular weight is 258 g/mol. The standard InChI is InChI=1S/C12H20ClN3O/c1-9-15-10(13)7-11(16-9)14-8-12(2,3)5-6-17-4/h7H,5-6,8H2,1-4H3,(H,14,15,16). The molecule has 5 heteroatoms. The Morgan fingerprint density at radius 2 is 2.12 bits per heavy atom. The topological polar surface area (TPSA) is 47.0 Å². The lowest BCUT2D eigenvalue weighted by Gasteiger charge is -2.24. The molecular weight excluding hydrogens is 238 g/mol. The molecule has 0 aromatic carbocycles. The van der Waals surface area contributed by atoms with Gasteiger partial charge in [-0.3, -0.25) is 0 Å². The van der Waals surface area contributed by atoms with Crippen LogP contribution in [0.4, 0.5) is 5.82 Å². The van der Waals surface area contributed by atoms with Crippen LogP contribution in [0, 0.1) is 12.3 Å². The van der Waals surface area contributed by atoms with Crippen molar-refractivity contribution in [2.75, 3.05) is 25.6 Å². The smallest absolute Gasteiger partial charge is 0.134 e. The minimum absolute atomic E-state index is 0.154. The van der Waals surface area contributed by atoms with E-state index < -0.39 is 0 Å². The fourth-order valence-electron chi connectivity index (χ4n) is 1.42. The number of methoxy groups -OCH3 is 1. The summed E-state index contributed by atoms with van der Waals surface area (Å²) in [5.41, 5.74) is 0.154. The van der Waals surface area contributed by atoms with Crippen molar-refractivity contribution < 1.29 is 4.74 Å². The first kappa shape index (κ1) is 14.2. The SMILES string of the molecule is COCCC(C)(C)CNc1cc(Cl)nc(C)n1. The monoisotopic (exact) mass is 257 g/mol. The zero-order chi connectivity index (χ0) is 12.9. The molecule has 0 radical (unpaired) electrons. The van der Waals surface area contributed by atoms with Crippen LogP contribution in [0.25, 0.3) is 0 Å². The summed E-state index contributed by atoms with van der Waals surface area (Å²) >= 11 is 5.87. The van der Waals surface area contributed by atoms with Gasteiger partial charge in [0.2, 0.25) is 0 Å². The first-order valence-electron chi connectivity index (χ1n) is 5.67. The molecule has 0 unspecified atom stereocenters. The maximum Gasteiger partial charge on any atom is 0.134 e. The van der Waals surface area contributed by atoms with Gasteiger partial charge in [0.25, 0.3) is 0 Å². The van der Waals surface area contributed by atoms with Crippen molar-refractivity contribution >= 4 is 17.4 Å². The van der Waals surface area contributed by atoms with Gasteiger partial charge < -0.3 is 10.1 Å². The number of hydrogen-bond acceptors (Lipinski definition) is 4. The number of hydrogen-bond donors (Lipinski definition) is 1.